The van der Waals surface area contributed by atoms with Crippen LogP contribution in [0.15, 0.2) is 48.6 Å². The highest BCUT2D eigenvalue weighted by Gasteiger charge is 2.27. The quantitative estimate of drug-likeness (QED) is 0.0233. The number of aliphatic hydroxyl groups excluding tert-OH is 2. The van der Waals surface area contributed by atoms with Crippen molar-refractivity contribution in [3.05, 3.63) is 48.6 Å². The smallest absolute Gasteiger partial charge is 0.462 e. The van der Waals surface area contributed by atoms with Crippen molar-refractivity contribution >= 4 is 19.8 Å². The molecule has 0 aliphatic carbocycles. The van der Waals surface area contributed by atoms with Crippen LogP contribution in [0.4, 0.5) is 0 Å². The van der Waals surface area contributed by atoms with E-state index in [1.165, 1.54) is 116 Å². The molecule has 356 valence electrons. The number of hydrogen-bond acceptors (Lipinski definition) is 9. The fraction of sp³-hybridized carbons (Fsp3) is 0.800. The summed E-state index contributed by atoms with van der Waals surface area (Å²) in [5.41, 5.74) is 0. The monoisotopic (exact) mass is 883 g/mol. The Morgan fingerprint density at radius 3 is 1.34 bits per heavy atom. The van der Waals surface area contributed by atoms with E-state index in [1.54, 1.807) is 0 Å². The molecule has 61 heavy (non-hydrogen) atoms. The lowest BCUT2D eigenvalue weighted by Crippen LogP contribution is -2.29. The summed E-state index contributed by atoms with van der Waals surface area (Å²) < 4.78 is 32.8. The average molecular weight is 883 g/mol. The summed E-state index contributed by atoms with van der Waals surface area (Å²) in [6.45, 7) is 2.31. The Bertz CT molecular complexity index is 1150. The van der Waals surface area contributed by atoms with E-state index in [0.29, 0.717) is 12.8 Å². The van der Waals surface area contributed by atoms with Crippen LogP contribution in [0.1, 0.15) is 219 Å². The summed E-state index contributed by atoms with van der Waals surface area (Å²) in [5, 5.41) is 18.4. The van der Waals surface area contributed by atoms with Gasteiger partial charge in [-0.05, 0) is 51.4 Å². The highest BCUT2D eigenvalue weighted by molar-refractivity contribution is 7.47. The van der Waals surface area contributed by atoms with Gasteiger partial charge in [0, 0.05) is 12.8 Å². The molecule has 3 atom stereocenters. The first kappa shape index (κ1) is 58.9. The molecule has 0 saturated heterocycles. The Kier molecular flexibility index (Phi) is 44.4. The number of rotatable bonds is 46. The molecule has 10 nitrogen and oxygen atoms in total. The first-order chi connectivity index (χ1) is 29.7. The fourth-order valence-corrected chi connectivity index (χ4v) is 7.48. The number of carbonyl (C=O) groups is 2. The van der Waals surface area contributed by atoms with Crippen LogP contribution in [-0.2, 0) is 32.7 Å². The number of phosphoric ester groups is 1. The maximum atomic E-state index is 12.7. The largest absolute Gasteiger partial charge is 0.472 e. The normalized spacial score (nSPS) is 14.1. The summed E-state index contributed by atoms with van der Waals surface area (Å²) in [5.74, 6) is -0.954. The average Bonchev–Trinajstić information content (AvgIpc) is 3.25. The van der Waals surface area contributed by atoms with Crippen LogP contribution in [0.3, 0.4) is 0 Å². The van der Waals surface area contributed by atoms with E-state index in [0.717, 1.165) is 64.2 Å². The summed E-state index contributed by atoms with van der Waals surface area (Å²) in [4.78, 5) is 35.1. The minimum Gasteiger partial charge on any atom is -0.462 e. The molecule has 0 heterocycles. The topological polar surface area (TPSA) is 149 Å². The zero-order chi connectivity index (χ0) is 44.8. The summed E-state index contributed by atoms with van der Waals surface area (Å²) in [7, 11) is -4.63. The van der Waals surface area contributed by atoms with Gasteiger partial charge in [-0.1, -0.05) is 204 Å². The molecular weight excluding hydrogens is 792 g/mol. The first-order valence-corrected chi connectivity index (χ1v) is 26.1. The van der Waals surface area contributed by atoms with E-state index in [9.17, 15) is 24.2 Å². The van der Waals surface area contributed by atoms with Gasteiger partial charge >= 0.3 is 19.8 Å². The molecule has 0 aliphatic rings. The molecule has 0 aromatic carbocycles. The minimum atomic E-state index is -4.63. The van der Waals surface area contributed by atoms with Crippen molar-refractivity contribution in [2.75, 3.05) is 26.4 Å². The molecule has 0 aromatic heterocycles. The molecule has 0 fully saturated rings. The van der Waals surface area contributed by atoms with Crippen LogP contribution in [0.25, 0.3) is 0 Å². The SMILES string of the molecule is CCC/C=C/C/C=C/C/C=C/C/C=C/CCCCCC(=O)OC[C@H](COP(=O)(O)OC[C@@H](O)CO)OC(=O)CCCCCCCCCCCCCCCCCCCCCCC. The lowest BCUT2D eigenvalue weighted by Gasteiger charge is -2.20. The minimum absolute atomic E-state index is 0.179. The van der Waals surface area contributed by atoms with Gasteiger partial charge in [0.2, 0.25) is 0 Å². The summed E-state index contributed by atoms with van der Waals surface area (Å²) >= 11 is 0. The number of ether oxygens (including phenoxy) is 2. The van der Waals surface area contributed by atoms with E-state index in [1.807, 2.05) is 0 Å². The molecule has 0 bridgehead atoms. The maximum absolute atomic E-state index is 12.7. The highest BCUT2D eigenvalue weighted by atomic mass is 31.2. The number of unbranched alkanes of at least 4 members (excludes halogenated alkanes) is 24. The maximum Gasteiger partial charge on any atom is 0.472 e. The van der Waals surface area contributed by atoms with Crippen molar-refractivity contribution in [1.29, 1.82) is 0 Å². The number of aliphatic hydroxyl groups is 2. The highest BCUT2D eigenvalue weighted by Crippen LogP contribution is 2.43. The number of esters is 2. The third-order valence-corrected chi connectivity index (χ3v) is 11.4. The first-order valence-electron chi connectivity index (χ1n) is 24.6. The molecule has 0 aliphatic heterocycles. The molecule has 0 spiro atoms. The number of carbonyl (C=O) groups excluding carboxylic acids is 2. The second-order valence-corrected chi connectivity index (χ2v) is 17.9. The van der Waals surface area contributed by atoms with Gasteiger partial charge in [0.05, 0.1) is 19.8 Å². The van der Waals surface area contributed by atoms with Crippen LogP contribution in [0.2, 0.25) is 0 Å². The standard InChI is InChI=1S/C50H91O10P/c1-3-5-7-9-11-13-15-17-19-21-22-23-24-26-28-30-32-34-36-38-40-42-50(54)60-48(46-59-61(55,56)58-44-47(52)43-51)45-57-49(53)41-39-37-35-33-31-29-27-25-20-18-16-14-12-10-8-6-4-2/h8,10,14,16,20,25,29,31,47-48,51-52H,3-7,9,11-13,15,17-19,21-24,26-28,30,32-46H2,1-2H3,(H,55,56)/b10-8+,16-14+,25-20+,31-29+/t47-,48+/m0/s1. The summed E-state index contributed by atoms with van der Waals surface area (Å²) in [6, 6.07) is 0. The van der Waals surface area contributed by atoms with Crippen LogP contribution in [0, 0.1) is 0 Å². The van der Waals surface area contributed by atoms with Crippen LogP contribution in [0.5, 0.6) is 0 Å². The van der Waals surface area contributed by atoms with E-state index < -0.39 is 51.8 Å². The Hall–Kier alpha value is -2.07. The Labute approximate surface area is 373 Å². The predicted molar refractivity (Wildman–Crippen MR) is 251 cm³/mol. The molecule has 0 rings (SSSR count). The molecule has 0 amide bonds. The van der Waals surface area contributed by atoms with E-state index in [4.69, 9.17) is 23.6 Å². The van der Waals surface area contributed by atoms with Gasteiger partial charge in [-0.25, -0.2) is 4.57 Å². The van der Waals surface area contributed by atoms with Crippen LogP contribution in [-0.4, -0.2) is 65.7 Å². The second kappa shape index (κ2) is 45.9. The van der Waals surface area contributed by atoms with E-state index >= 15 is 0 Å². The van der Waals surface area contributed by atoms with Crippen molar-refractivity contribution < 1.29 is 47.8 Å². The molecule has 0 aromatic rings. The molecule has 0 saturated carbocycles. The third kappa shape index (κ3) is 45.8. The van der Waals surface area contributed by atoms with Crippen molar-refractivity contribution in [1.82, 2.24) is 0 Å². The zero-order valence-electron chi connectivity index (χ0n) is 38.9. The van der Waals surface area contributed by atoms with Crippen molar-refractivity contribution in [3.8, 4) is 0 Å². The van der Waals surface area contributed by atoms with Crippen molar-refractivity contribution in [3.63, 3.8) is 0 Å². The van der Waals surface area contributed by atoms with Gasteiger partial charge in [-0.2, -0.15) is 0 Å². The Balaban J connectivity index is 4.23. The number of allylic oxidation sites excluding steroid dienone is 8. The van der Waals surface area contributed by atoms with Gasteiger partial charge < -0.3 is 24.6 Å². The zero-order valence-corrected chi connectivity index (χ0v) is 39.8. The molecule has 0 radical (unpaired) electrons. The lowest BCUT2D eigenvalue weighted by atomic mass is 10.0. The molecular formula is C50H91O10P. The van der Waals surface area contributed by atoms with Crippen LogP contribution < -0.4 is 0 Å². The molecule has 1 unspecified atom stereocenters. The van der Waals surface area contributed by atoms with Gasteiger partial charge in [0.15, 0.2) is 6.10 Å². The Morgan fingerprint density at radius 1 is 0.492 bits per heavy atom. The van der Waals surface area contributed by atoms with E-state index in [2.05, 4.69) is 62.5 Å². The predicted octanol–water partition coefficient (Wildman–Crippen LogP) is 13.7. The lowest BCUT2D eigenvalue weighted by molar-refractivity contribution is -0.161. The second-order valence-electron chi connectivity index (χ2n) is 16.5. The third-order valence-electron chi connectivity index (χ3n) is 10.5. The Morgan fingerprint density at radius 2 is 0.885 bits per heavy atom. The van der Waals surface area contributed by atoms with Gasteiger partial charge in [0.25, 0.3) is 0 Å². The fourth-order valence-electron chi connectivity index (χ4n) is 6.69. The molecule has 3 N–H and O–H groups in total. The van der Waals surface area contributed by atoms with Gasteiger partial charge in [0.1, 0.15) is 12.7 Å². The van der Waals surface area contributed by atoms with Crippen molar-refractivity contribution in [2.45, 2.75) is 232 Å². The number of hydrogen-bond donors (Lipinski definition) is 3. The van der Waals surface area contributed by atoms with E-state index in [-0.39, 0.29) is 19.4 Å². The van der Waals surface area contributed by atoms with Crippen LogP contribution >= 0.6 is 7.82 Å². The molecule has 11 heteroatoms. The summed E-state index contributed by atoms with van der Waals surface area (Å²) in [6.07, 6.45) is 50.8. The number of phosphoric acid groups is 1. The van der Waals surface area contributed by atoms with Gasteiger partial charge in [-0.3, -0.25) is 18.6 Å². The van der Waals surface area contributed by atoms with Crippen molar-refractivity contribution in [2.24, 2.45) is 0 Å². The van der Waals surface area contributed by atoms with Gasteiger partial charge in [-0.15, -0.1) is 0 Å².